The lowest BCUT2D eigenvalue weighted by Crippen LogP contribution is -2.45. The average Bonchev–Trinajstić information content (AvgIpc) is 2.89. The summed E-state index contributed by atoms with van der Waals surface area (Å²) in [4.78, 5) is 16.8. The molecule has 3 aromatic rings. The molecular formula is C29H32Cl2N2O2. The van der Waals surface area contributed by atoms with E-state index in [1.807, 2.05) is 85.9 Å². The lowest BCUT2D eigenvalue weighted by molar-refractivity contribution is -0.0535. The molecule has 1 N–H and O–H groups in total. The van der Waals surface area contributed by atoms with Gasteiger partial charge in [0.05, 0.1) is 15.6 Å². The molecule has 0 aromatic heterocycles. The standard InChI is InChI=1S/C29H32Cl2N2O2/c1-32(28(34)22-10-4-2-5-11-22)17-8-9-18-33-19-16-29(35,24-12-6-3-7-13-24)21-27(33)23-14-15-25(30)26(31)20-23/h2-7,10-15,20,27,35H,8-9,16-19,21H2,1H3. The zero-order valence-electron chi connectivity index (χ0n) is 20.0. The Kier molecular flexibility index (Phi) is 8.51. The van der Waals surface area contributed by atoms with E-state index in [0.717, 1.165) is 37.1 Å². The second-order valence-electron chi connectivity index (χ2n) is 9.38. The number of rotatable bonds is 8. The third kappa shape index (κ3) is 6.25. The minimum Gasteiger partial charge on any atom is -0.385 e. The fraction of sp³-hybridized carbons (Fsp3) is 0.345. The lowest BCUT2D eigenvalue weighted by atomic mass is 9.79. The molecule has 1 saturated heterocycles. The van der Waals surface area contributed by atoms with Crippen LogP contribution in [-0.2, 0) is 5.60 Å². The minimum absolute atomic E-state index is 0.0207. The molecular weight excluding hydrogens is 479 g/mol. The second-order valence-corrected chi connectivity index (χ2v) is 10.2. The van der Waals surface area contributed by atoms with Crippen LogP contribution in [0.3, 0.4) is 0 Å². The van der Waals surface area contributed by atoms with Crippen molar-refractivity contribution in [3.8, 4) is 0 Å². The Bertz CT molecular complexity index is 1130. The first-order valence-electron chi connectivity index (χ1n) is 12.1. The Balaban J connectivity index is 1.42. The largest absolute Gasteiger partial charge is 0.385 e. The number of nitrogens with zero attached hydrogens (tertiary/aromatic N) is 2. The van der Waals surface area contributed by atoms with Gasteiger partial charge in [-0.25, -0.2) is 0 Å². The first-order chi connectivity index (χ1) is 16.9. The number of aliphatic hydroxyl groups is 1. The van der Waals surface area contributed by atoms with Crippen LogP contribution in [0.15, 0.2) is 78.9 Å². The summed E-state index contributed by atoms with van der Waals surface area (Å²) >= 11 is 12.5. The van der Waals surface area contributed by atoms with Crippen molar-refractivity contribution in [2.75, 3.05) is 26.7 Å². The summed E-state index contributed by atoms with van der Waals surface area (Å²) < 4.78 is 0. The van der Waals surface area contributed by atoms with Crippen LogP contribution in [0.5, 0.6) is 0 Å². The molecule has 184 valence electrons. The van der Waals surface area contributed by atoms with Gasteiger partial charge in [-0.2, -0.15) is 0 Å². The fourth-order valence-electron chi connectivity index (χ4n) is 4.93. The Labute approximate surface area is 218 Å². The summed E-state index contributed by atoms with van der Waals surface area (Å²) in [5, 5.41) is 12.7. The van der Waals surface area contributed by atoms with Crippen LogP contribution in [0.2, 0.25) is 10.0 Å². The van der Waals surface area contributed by atoms with E-state index in [0.29, 0.717) is 35.0 Å². The fourth-order valence-corrected chi connectivity index (χ4v) is 5.24. The van der Waals surface area contributed by atoms with Crippen molar-refractivity contribution in [3.05, 3.63) is 106 Å². The highest BCUT2D eigenvalue weighted by Crippen LogP contribution is 2.43. The van der Waals surface area contributed by atoms with E-state index in [4.69, 9.17) is 23.2 Å². The highest BCUT2D eigenvalue weighted by atomic mass is 35.5. The van der Waals surface area contributed by atoms with Gasteiger partial charge in [0.15, 0.2) is 0 Å². The van der Waals surface area contributed by atoms with Crippen molar-refractivity contribution in [1.29, 1.82) is 0 Å². The van der Waals surface area contributed by atoms with Crippen LogP contribution in [0.25, 0.3) is 0 Å². The van der Waals surface area contributed by atoms with Crippen LogP contribution in [0.4, 0.5) is 0 Å². The van der Waals surface area contributed by atoms with Crippen molar-refractivity contribution < 1.29 is 9.90 Å². The van der Waals surface area contributed by atoms with Gasteiger partial charge in [-0.1, -0.05) is 77.8 Å². The van der Waals surface area contributed by atoms with Gasteiger partial charge in [0.1, 0.15) is 0 Å². The van der Waals surface area contributed by atoms with Gasteiger partial charge in [-0.3, -0.25) is 9.69 Å². The van der Waals surface area contributed by atoms with E-state index in [1.54, 1.807) is 4.90 Å². The van der Waals surface area contributed by atoms with Crippen molar-refractivity contribution in [2.24, 2.45) is 0 Å². The third-order valence-electron chi connectivity index (χ3n) is 6.98. The summed E-state index contributed by atoms with van der Waals surface area (Å²) in [6.45, 7) is 2.35. The zero-order valence-corrected chi connectivity index (χ0v) is 21.6. The number of hydrogen-bond donors (Lipinski definition) is 1. The molecule has 2 unspecified atom stereocenters. The number of amides is 1. The number of benzene rings is 3. The molecule has 1 amide bonds. The predicted octanol–water partition coefficient (Wildman–Crippen LogP) is 6.57. The van der Waals surface area contributed by atoms with Crippen molar-refractivity contribution >= 4 is 29.1 Å². The highest BCUT2D eigenvalue weighted by molar-refractivity contribution is 6.42. The van der Waals surface area contributed by atoms with Crippen LogP contribution in [0.1, 0.15) is 53.2 Å². The maximum Gasteiger partial charge on any atom is 0.253 e. The van der Waals surface area contributed by atoms with Crippen molar-refractivity contribution in [1.82, 2.24) is 9.80 Å². The number of unbranched alkanes of at least 4 members (excludes halogenated alkanes) is 1. The Morgan fingerprint density at radius 2 is 1.69 bits per heavy atom. The molecule has 0 saturated carbocycles. The number of halogens is 2. The number of carbonyl (C=O) groups excluding carboxylic acids is 1. The molecule has 1 heterocycles. The molecule has 4 nitrogen and oxygen atoms in total. The summed E-state index contributed by atoms with van der Waals surface area (Å²) in [5.74, 6) is 0.0465. The molecule has 6 heteroatoms. The lowest BCUT2D eigenvalue weighted by Gasteiger charge is -2.44. The van der Waals surface area contributed by atoms with Gasteiger partial charge >= 0.3 is 0 Å². The predicted molar refractivity (Wildman–Crippen MR) is 143 cm³/mol. The molecule has 4 rings (SSSR count). The van der Waals surface area contributed by atoms with E-state index < -0.39 is 5.60 Å². The molecule has 0 aliphatic carbocycles. The SMILES string of the molecule is CN(CCCCN1CCC(O)(c2ccccc2)CC1c1ccc(Cl)c(Cl)c1)C(=O)c1ccccc1. The van der Waals surface area contributed by atoms with E-state index in [1.165, 1.54) is 0 Å². The summed E-state index contributed by atoms with van der Waals surface area (Å²) in [5.41, 5.74) is 1.83. The summed E-state index contributed by atoms with van der Waals surface area (Å²) in [6, 6.07) is 25.1. The Hall–Kier alpha value is -2.37. The van der Waals surface area contributed by atoms with Crippen LogP contribution < -0.4 is 0 Å². The third-order valence-corrected chi connectivity index (χ3v) is 7.72. The van der Waals surface area contributed by atoms with Crippen LogP contribution in [0, 0.1) is 0 Å². The Morgan fingerprint density at radius 3 is 2.37 bits per heavy atom. The van der Waals surface area contributed by atoms with E-state index >= 15 is 0 Å². The van der Waals surface area contributed by atoms with E-state index in [-0.39, 0.29) is 11.9 Å². The summed E-state index contributed by atoms with van der Waals surface area (Å²) in [6.07, 6.45) is 3.11. The highest BCUT2D eigenvalue weighted by Gasteiger charge is 2.40. The van der Waals surface area contributed by atoms with Gasteiger partial charge in [0.2, 0.25) is 0 Å². The molecule has 1 fully saturated rings. The van der Waals surface area contributed by atoms with Gasteiger partial charge in [0, 0.05) is 38.2 Å². The van der Waals surface area contributed by atoms with E-state index in [2.05, 4.69) is 4.90 Å². The summed E-state index contributed by atoms with van der Waals surface area (Å²) in [7, 11) is 1.86. The van der Waals surface area contributed by atoms with Crippen LogP contribution in [-0.4, -0.2) is 47.5 Å². The number of likely N-dealkylation sites (tertiary alicyclic amines) is 1. The minimum atomic E-state index is -0.892. The molecule has 2 atom stereocenters. The first-order valence-corrected chi connectivity index (χ1v) is 12.9. The van der Waals surface area contributed by atoms with Gasteiger partial charge in [0.25, 0.3) is 5.91 Å². The smallest absolute Gasteiger partial charge is 0.253 e. The number of piperidine rings is 1. The van der Waals surface area contributed by atoms with Gasteiger partial charge < -0.3 is 10.0 Å². The first kappa shape index (κ1) is 25.7. The molecule has 3 aromatic carbocycles. The molecule has 35 heavy (non-hydrogen) atoms. The molecule has 0 bridgehead atoms. The topological polar surface area (TPSA) is 43.8 Å². The maximum absolute atomic E-state index is 12.6. The van der Waals surface area contributed by atoms with Gasteiger partial charge in [-0.05, 0) is 61.2 Å². The van der Waals surface area contributed by atoms with Crippen LogP contribution >= 0.6 is 23.2 Å². The van der Waals surface area contributed by atoms with Crippen molar-refractivity contribution in [2.45, 2.75) is 37.3 Å². The maximum atomic E-state index is 12.6. The number of carbonyl (C=O) groups is 1. The monoisotopic (exact) mass is 510 g/mol. The molecule has 1 aliphatic heterocycles. The normalized spacial score (nSPS) is 20.5. The van der Waals surface area contributed by atoms with Crippen molar-refractivity contribution in [3.63, 3.8) is 0 Å². The second kappa shape index (κ2) is 11.6. The quantitative estimate of drug-likeness (QED) is 0.348. The molecule has 1 aliphatic rings. The average molecular weight is 511 g/mol. The zero-order chi connectivity index (χ0) is 24.8. The Morgan fingerprint density at radius 1 is 1.00 bits per heavy atom. The van der Waals surface area contributed by atoms with Gasteiger partial charge in [-0.15, -0.1) is 0 Å². The molecule has 0 spiro atoms. The number of hydrogen-bond acceptors (Lipinski definition) is 3. The van der Waals surface area contributed by atoms with E-state index in [9.17, 15) is 9.90 Å². The molecule has 0 radical (unpaired) electrons.